The van der Waals surface area contributed by atoms with E-state index >= 15 is 0 Å². The van der Waals surface area contributed by atoms with Gasteiger partial charge in [0.15, 0.2) is 0 Å². The van der Waals surface area contributed by atoms with Gasteiger partial charge < -0.3 is 14.2 Å². The number of carbonyl (C=O) groups excluding carboxylic acids is 1. The zero-order chi connectivity index (χ0) is 18.4. The third-order valence-corrected chi connectivity index (χ3v) is 3.53. The third-order valence-electron chi connectivity index (χ3n) is 3.53. The van der Waals surface area contributed by atoms with Gasteiger partial charge in [-0.2, -0.15) is 0 Å². The molecule has 0 bridgehead atoms. The Morgan fingerprint density at radius 2 is 1.84 bits per heavy atom. The zero-order valence-corrected chi connectivity index (χ0v) is 14.3. The summed E-state index contributed by atoms with van der Waals surface area (Å²) in [5.74, 6) is 0.236. The van der Waals surface area contributed by atoms with Crippen LogP contribution < -0.4 is 9.47 Å². The number of rotatable bonds is 7. The van der Waals surface area contributed by atoms with Crippen LogP contribution in [-0.2, 0) is 4.74 Å². The van der Waals surface area contributed by atoms with Crippen molar-refractivity contribution in [1.29, 1.82) is 0 Å². The molecular formula is C18H19NO6. The van der Waals surface area contributed by atoms with Crippen molar-refractivity contribution in [3.63, 3.8) is 0 Å². The molecule has 2 aromatic carbocycles. The maximum absolute atomic E-state index is 12.2. The molecule has 0 amide bonds. The molecule has 0 spiro atoms. The summed E-state index contributed by atoms with van der Waals surface area (Å²) in [6.07, 6.45) is 0. The fourth-order valence-electron chi connectivity index (χ4n) is 2.20. The first-order valence-corrected chi connectivity index (χ1v) is 7.62. The molecule has 7 nitrogen and oxygen atoms in total. The van der Waals surface area contributed by atoms with Crippen LogP contribution in [0.2, 0.25) is 0 Å². The second kappa shape index (κ2) is 8.14. The summed E-state index contributed by atoms with van der Waals surface area (Å²) < 4.78 is 15.8. The molecule has 0 saturated heterocycles. The smallest absolute Gasteiger partial charge is 0.342 e. The average Bonchev–Trinajstić information content (AvgIpc) is 2.60. The summed E-state index contributed by atoms with van der Waals surface area (Å²) >= 11 is 0. The molecule has 0 aliphatic heterocycles. The van der Waals surface area contributed by atoms with Crippen molar-refractivity contribution in [2.24, 2.45) is 0 Å². The Morgan fingerprint density at radius 1 is 1.08 bits per heavy atom. The first-order valence-electron chi connectivity index (χ1n) is 7.62. The van der Waals surface area contributed by atoms with Gasteiger partial charge >= 0.3 is 5.97 Å². The lowest BCUT2D eigenvalue weighted by Gasteiger charge is -2.11. The molecule has 0 aliphatic carbocycles. The lowest BCUT2D eigenvalue weighted by atomic mass is 10.1. The second-order valence-corrected chi connectivity index (χ2v) is 5.40. The number of benzene rings is 2. The number of nitrogens with zero attached hydrogens (tertiary/aromatic N) is 1. The van der Waals surface area contributed by atoms with E-state index in [4.69, 9.17) is 14.2 Å². The number of aryl methyl sites for hydroxylation is 2. The highest BCUT2D eigenvalue weighted by Crippen LogP contribution is 2.25. The van der Waals surface area contributed by atoms with Crippen LogP contribution in [0.4, 0.5) is 5.69 Å². The van der Waals surface area contributed by atoms with Gasteiger partial charge in [-0.1, -0.05) is 12.1 Å². The number of esters is 1. The molecule has 0 saturated carbocycles. The quantitative estimate of drug-likeness (QED) is 0.330. The number of ether oxygens (including phenoxy) is 3. The number of non-ortho nitro benzene ring substituents is 1. The van der Waals surface area contributed by atoms with E-state index in [1.165, 1.54) is 19.2 Å². The van der Waals surface area contributed by atoms with Crippen LogP contribution >= 0.6 is 0 Å². The summed E-state index contributed by atoms with van der Waals surface area (Å²) in [5.41, 5.74) is 1.85. The van der Waals surface area contributed by atoms with Crippen LogP contribution in [0.15, 0.2) is 36.4 Å². The van der Waals surface area contributed by atoms with Gasteiger partial charge in [0.25, 0.3) is 5.69 Å². The van der Waals surface area contributed by atoms with Crippen molar-refractivity contribution in [3.05, 3.63) is 63.2 Å². The Labute approximate surface area is 145 Å². The van der Waals surface area contributed by atoms with E-state index in [2.05, 4.69) is 0 Å². The number of hydrogen-bond acceptors (Lipinski definition) is 6. The van der Waals surface area contributed by atoms with Crippen LogP contribution in [0.3, 0.4) is 0 Å². The van der Waals surface area contributed by atoms with E-state index in [0.717, 1.165) is 22.9 Å². The number of carbonyl (C=O) groups is 1. The highest BCUT2D eigenvalue weighted by molar-refractivity contribution is 5.93. The molecule has 0 radical (unpaired) electrons. The van der Waals surface area contributed by atoms with Gasteiger partial charge in [-0.3, -0.25) is 10.1 Å². The Kier molecular flexibility index (Phi) is 5.94. The first-order chi connectivity index (χ1) is 11.9. The summed E-state index contributed by atoms with van der Waals surface area (Å²) in [7, 11) is 1.38. The molecule has 0 aromatic heterocycles. The number of hydrogen-bond donors (Lipinski definition) is 0. The minimum Gasteiger partial charge on any atom is -0.496 e. The van der Waals surface area contributed by atoms with Crippen molar-refractivity contribution < 1.29 is 23.9 Å². The van der Waals surface area contributed by atoms with Crippen LogP contribution in [0, 0.1) is 24.0 Å². The third kappa shape index (κ3) is 4.69. The first kappa shape index (κ1) is 18.3. The van der Waals surface area contributed by atoms with E-state index in [0.29, 0.717) is 0 Å². The molecule has 132 valence electrons. The number of methoxy groups -OCH3 is 1. The van der Waals surface area contributed by atoms with Crippen LogP contribution in [-0.4, -0.2) is 31.2 Å². The molecular weight excluding hydrogens is 326 g/mol. The van der Waals surface area contributed by atoms with Gasteiger partial charge in [0, 0.05) is 12.1 Å². The molecule has 0 heterocycles. The molecule has 0 aliphatic rings. The van der Waals surface area contributed by atoms with E-state index in [-0.39, 0.29) is 30.2 Å². The highest BCUT2D eigenvalue weighted by atomic mass is 16.6. The van der Waals surface area contributed by atoms with Gasteiger partial charge in [-0.15, -0.1) is 0 Å². The summed E-state index contributed by atoms with van der Waals surface area (Å²) in [4.78, 5) is 22.4. The lowest BCUT2D eigenvalue weighted by molar-refractivity contribution is -0.384. The molecule has 0 fully saturated rings. The molecule has 25 heavy (non-hydrogen) atoms. The SMILES string of the molecule is COc1ccc([N+](=O)[O-])cc1C(=O)OCCOc1cc(C)ccc1C. The van der Waals surface area contributed by atoms with Crippen LogP contribution in [0.1, 0.15) is 21.5 Å². The van der Waals surface area contributed by atoms with Gasteiger partial charge in [0.1, 0.15) is 30.3 Å². The van der Waals surface area contributed by atoms with Crippen molar-refractivity contribution in [2.75, 3.05) is 20.3 Å². The monoisotopic (exact) mass is 345 g/mol. The topological polar surface area (TPSA) is 87.9 Å². The second-order valence-electron chi connectivity index (χ2n) is 5.40. The summed E-state index contributed by atoms with van der Waals surface area (Å²) in [6, 6.07) is 9.59. The van der Waals surface area contributed by atoms with Gasteiger partial charge in [-0.25, -0.2) is 4.79 Å². The largest absolute Gasteiger partial charge is 0.496 e. The fourth-order valence-corrected chi connectivity index (χ4v) is 2.20. The number of nitro groups is 1. The molecule has 0 N–H and O–H groups in total. The van der Waals surface area contributed by atoms with Crippen molar-refractivity contribution >= 4 is 11.7 Å². The summed E-state index contributed by atoms with van der Waals surface area (Å²) in [5, 5.41) is 10.8. The number of nitro benzene ring substituents is 1. The van der Waals surface area contributed by atoms with Crippen molar-refractivity contribution in [3.8, 4) is 11.5 Å². The fraction of sp³-hybridized carbons (Fsp3) is 0.278. The molecule has 0 unspecified atom stereocenters. The minimum atomic E-state index is -0.704. The summed E-state index contributed by atoms with van der Waals surface area (Å²) in [6.45, 7) is 4.07. The van der Waals surface area contributed by atoms with Gasteiger partial charge in [-0.05, 0) is 37.1 Å². The van der Waals surface area contributed by atoms with Gasteiger partial charge in [0.05, 0.1) is 12.0 Å². The predicted molar refractivity (Wildman–Crippen MR) is 91.3 cm³/mol. The Bertz CT molecular complexity index is 787. The molecule has 7 heteroatoms. The minimum absolute atomic E-state index is 0.00318. The molecule has 0 atom stereocenters. The maximum atomic E-state index is 12.2. The van der Waals surface area contributed by atoms with E-state index < -0.39 is 10.9 Å². The molecule has 2 rings (SSSR count). The Balaban J connectivity index is 1.97. The van der Waals surface area contributed by atoms with Gasteiger partial charge in [0.2, 0.25) is 0 Å². The zero-order valence-electron chi connectivity index (χ0n) is 14.3. The standard InChI is InChI=1S/C18H19NO6/c1-12-4-5-13(2)17(10-12)24-8-9-25-18(20)15-11-14(19(21)22)6-7-16(15)23-3/h4-7,10-11H,8-9H2,1-3H3. The maximum Gasteiger partial charge on any atom is 0.342 e. The predicted octanol–water partition coefficient (Wildman–Crippen LogP) is 3.46. The Morgan fingerprint density at radius 3 is 2.52 bits per heavy atom. The Hall–Kier alpha value is -3.09. The highest BCUT2D eigenvalue weighted by Gasteiger charge is 2.18. The van der Waals surface area contributed by atoms with E-state index in [1.807, 2.05) is 32.0 Å². The lowest BCUT2D eigenvalue weighted by Crippen LogP contribution is -2.13. The van der Waals surface area contributed by atoms with Crippen molar-refractivity contribution in [1.82, 2.24) is 0 Å². The van der Waals surface area contributed by atoms with Crippen LogP contribution in [0.25, 0.3) is 0 Å². The normalized spacial score (nSPS) is 10.2. The van der Waals surface area contributed by atoms with Crippen molar-refractivity contribution in [2.45, 2.75) is 13.8 Å². The van der Waals surface area contributed by atoms with Crippen LogP contribution in [0.5, 0.6) is 11.5 Å². The molecule has 2 aromatic rings. The average molecular weight is 345 g/mol. The van der Waals surface area contributed by atoms with E-state index in [1.54, 1.807) is 0 Å². The van der Waals surface area contributed by atoms with E-state index in [9.17, 15) is 14.9 Å².